The Balaban J connectivity index is 1.84. The molecule has 0 heterocycles. The van der Waals surface area contributed by atoms with Crippen molar-refractivity contribution in [2.45, 2.75) is 45.3 Å². The first-order chi connectivity index (χ1) is 7.18. The molecule has 4 heteroatoms. The van der Waals surface area contributed by atoms with Crippen molar-refractivity contribution in [1.82, 2.24) is 5.32 Å². The third kappa shape index (κ3) is 7.33. The van der Waals surface area contributed by atoms with Gasteiger partial charge >= 0.3 is 5.97 Å². The summed E-state index contributed by atoms with van der Waals surface area (Å²) in [6.45, 7) is 5.50. The molecule has 0 aromatic rings. The zero-order chi connectivity index (χ0) is 11.1. The molecule has 1 rings (SSSR count). The first-order valence-electron chi connectivity index (χ1n) is 5.69. The van der Waals surface area contributed by atoms with Crippen molar-refractivity contribution < 1.29 is 14.3 Å². The molecule has 0 aliphatic heterocycles. The van der Waals surface area contributed by atoms with Gasteiger partial charge in [0.25, 0.3) is 0 Å². The van der Waals surface area contributed by atoms with Crippen molar-refractivity contribution in [3.05, 3.63) is 0 Å². The third-order valence-corrected chi connectivity index (χ3v) is 2.14. The van der Waals surface area contributed by atoms with Gasteiger partial charge in [0.05, 0.1) is 19.1 Å². The number of carbonyl (C=O) groups is 1. The highest BCUT2D eigenvalue weighted by Gasteiger charge is 2.20. The molecule has 0 bridgehead atoms. The Hall–Kier alpha value is -0.610. The second-order valence-corrected chi connectivity index (χ2v) is 4.12. The van der Waals surface area contributed by atoms with Crippen molar-refractivity contribution in [1.29, 1.82) is 0 Å². The van der Waals surface area contributed by atoms with E-state index in [1.165, 1.54) is 12.8 Å². The molecule has 0 radical (unpaired) electrons. The lowest BCUT2D eigenvalue weighted by Gasteiger charge is -2.08. The van der Waals surface area contributed by atoms with E-state index in [9.17, 15) is 4.79 Å². The van der Waals surface area contributed by atoms with Gasteiger partial charge in [0, 0.05) is 12.6 Å². The van der Waals surface area contributed by atoms with Gasteiger partial charge in [-0.1, -0.05) is 0 Å². The molecule has 0 unspecified atom stereocenters. The SMILES string of the molecule is CC(C)OCCOC(=O)CCNC1CC1. The van der Waals surface area contributed by atoms with Crippen LogP contribution in [0.3, 0.4) is 0 Å². The Labute approximate surface area is 91.3 Å². The van der Waals surface area contributed by atoms with Gasteiger partial charge in [-0.15, -0.1) is 0 Å². The summed E-state index contributed by atoms with van der Waals surface area (Å²) in [6.07, 6.45) is 3.15. The Bertz CT molecular complexity index is 190. The molecule has 1 saturated carbocycles. The second-order valence-electron chi connectivity index (χ2n) is 4.12. The maximum atomic E-state index is 11.2. The average Bonchev–Trinajstić information content (AvgIpc) is 2.96. The smallest absolute Gasteiger partial charge is 0.307 e. The fourth-order valence-corrected chi connectivity index (χ4v) is 1.18. The molecule has 0 atom stereocenters. The van der Waals surface area contributed by atoms with Gasteiger partial charge < -0.3 is 14.8 Å². The molecule has 0 aromatic heterocycles. The fraction of sp³-hybridized carbons (Fsp3) is 0.909. The molecule has 0 saturated heterocycles. The van der Waals surface area contributed by atoms with Crippen LogP contribution in [0, 0.1) is 0 Å². The van der Waals surface area contributed by atoms with Gasteiger partial charge in [-0.3, -0.25) is 4.79 Å². The van der Waals surface area contributed by atoms with Gasteiger partial charge in [0.15, 0.2) is 0 Å². The van der Waals surface area contributed by atoms with Crippen molar-refractivity contribution in [2.24, 2.45) is 0 Å². The molecular weight excluding hydrogens is 194 g/mol. The normalized spacial score (nSPS) is 15.7. The van der Waals surface area contributed by atoms with E-state index in [0.29, 0.717) is 25.7 Å². The van der Waals surface area contributed by atoms with Crippen molar-refractivity contribution >= 4 is 5.97 Å². The summed E-state index contributed by atoms with van der Waals surface area (Å²) < 4.78 is 10.2. The van der Waals surface area contributed by atoms with Gasteiger partial charge in [-0.2, -0.15) is 0 Å². The summed E-state index contributed by atoms with van der Waals surface area (Å²) >= 11 is 0. The maximum absolute atomic E-state index is 11.2. The Morgan fingerprint density at radius 3 is 2.73 bits per heavy atom. The number of esters is 1. The van der Waals surface area contributed by atoms with Crippen LogP contribution in [0.15, 0.2) is 0 Å². The van der Waals surface area contributed by atoms with Crippen LogP contribution in [0.2, 0.25) is 0 Å². The highest BCUT2D eigenvalue weighted by Crippen LogP contribution is 2.18. The average molecular weight is 215 g/mol. The van der Waals surface area contributed by atoms with Crippen molar-refractivity contribution in [3.63, 3.8) is 0 Å². The van der Waals surface area contributed by atoms with E-state index in [-0.39, 0.29) is 12.1 Å². The summed E-state index contributed by atoms with van der Waals surface area (Å²) in [6, 6.07) is 0.655. The van der Waals surface area contributed by atoms with Crippen LogP contribution in [0.4, 0.5) is 0 Å². The first-order valence-corrected chi connectivity index (χ1v) is 5.69. The number of rotatable bonds is 8. The van der Waals surface area contributed by atoms with Crippen molar-refractivity contribution in [3.8, 4) is 0 Å². The van der Waals surface area contributed by atoms with E-state index in [2.05, 4.69) is 5.32 Å². The lowest BCUT2D eigenvalue weighted by molar-refractivity contribution is -0.145. The summed E-state index contributed by atoms with van der Waals surface area (Å²) in [5.41, 5.74) is 0. The Kier molecular flexibility index (Phi) is 5.65. The van der Waals surface area contributed by atoms with E-state index in [4.69, 9.17) is 9.47 Å². The van der Waals surface area contributed by atoms with Crippen LogP contribution in [-0.2, 0) is 14.3 Å². The molecular formula is C11H21NO3. The highest BCUT2D eigenvalue weighted by molar-refractivity contribution is 5.69. The molecule has 0 amide bonds. The second kappa shape index (κ2) is 6.80. The highest BCUT2D eigenvalue weighted by atomic mass is 16.6. The molecule has 4 nitrogen and oxygen atoms in total. The monoisotopic (exact) mass is 215 g/mol. The maximum Gasteiger partial charge on any atom is 0.307 e. The minimum Gasteiger partial charge on any atom is -0.463 e. The first kappa shape index (κ1) is 12.5. The van der Waals surface area contributed by atoms with E-state index >= 15 is 0 Å². The minimum absolute atomic E-state index is 0.143. The van der Waals surface area contributed by atoms with Crippen LogP contribution < -0.4 is 5.32 Å². The predicted octanol–water partition coefficient (Wildman–Crippen LogP) is 1.10. The molecule has 0 aromatic carbocycles. The van der Waals surface area contributed by atoms with E-state index < -0.39 is 0 Å². The molecule has 88 valence electrons. The molecule has 0 spiro atoms. The van der Waals surface area contributed by atoms with Gasteiger partial charge in [-0.05, 0) is 26.7 Å². The van der Waals surface area contributed by atoms with Crippen molar-refractivity contribution in [2.75, 3.05) is 19.8 Å². The van der Waals surface area contributed by atoms with Crippen LogP contribution in [0.5, 0.6) is 0 Å². The molecule has 15 heavy (non-hydrogen) atoms. The van der Waals surface area contributed by atoms with E-state index in [1.807, 2.05) is 13.8 Å². The standard InChI is InChI=1S/C11H21NO3/c1-9(2)14-7-8-15-11(13)5-6-12-10-3-4-10/h9-10,12H,3-8H2,1-2H3. The van der Waals surface area contributed by atoms with Crippen LogP contribution in [-0.4, -0.2) is 37.9 Å². The summed E-state index contributed by atoms with van der Waals surface area (Å²) in [7, 11) is 0. The lowest BCUT2D eigenvalue weighted by Crippen LogP contribution is -2.22. The predicted molar refractivity (Wildman–Crippen MR) is 57.7 cm³/mol. The molecule has 1 N–H and O–H groups in total. The van der Waals surface area contributed by atoms with Crippen LogP contribution in [0.1, 0.15) is 33.1 Å². The Morgan fingerprint density at radius 2 is 2.13 bits per heavy atom. The van der Waals surface area contributed by atoms with Gasteiger partial charge in [-0.25, -0.2) is 0 Å². The Morgan fingerprint density at radius 1 is 1.40 bits per heavy atom. The number of hydrogen-bond acceptors (Lipinski definition) is 4. The lowest BCUT2D eigenvalue weighted by atomic mass is 10.4. The number of carbonyl (C=O) groups excluding carboxylic acids is 1. The van der Waals surface area contributed by atoms with Gasteiger partial charge in [0.2, 0.25) is 0 Å². The topological polar surface area (TPSA) is 47.6 Å². The molecule has 1 aliphatic carbocycles. The zero-order valence-electron chi connectivity index (χ0n) is 9.62. The summed E-state index contributed by atoms with van der Waals surface area (Å²) in [5.74, 6) is -0.143. The largest absolute Gasteiger partial charge is 0.463 e. The van der Waals surface area contributed by atoms with E-state index in [0.717, 1.165) is 6.54 Å². The number of nitrogens with one attached hydrogen (secondary N) is 1. The molecule has 1 aliphatic rings. The fourth-order valence-electron chi connectivity index (χ4n) is 1.18. The molecule has 1 fully saturated rings. The van der Waals surface area contributed by atoms with Crippen LogP contribution >= 0.6 is 0 Å². The zero-order valence-corrected chi connectivity index (χ0v) is 9.62. The quantitative estimate of drug-likeness (QED) is 0.486. The third-order valence-electron chi connectivity index (χ3n) is 2.14. The van der Waals surface area contributed by atoms with Gasteiger partial charge in [0.1, 0.15) is 6.61 Å². The van der Waals surface area contributed by atoms with Crippen LogP contribution in [0.25, 0.3) is 0 Å². The summed E-state index contributed by atoms with van der Waals surface area (Å²) in [4.78, 5) is 11.2. The van der Waals surface area contributed by atoms with E-state index in [1.54, 1.807) is 0 Å². The minimum atomic E-state index is -0.143. The number of hydrogen-bond donors (Lipinski definition) is 1. The number of ether oxygens (including phenoxy) is 2. The summed E-state index contributed by atoms with van der Waals surface area (Å²) in [5, 5.41) is 3.26.